The maximum Gasteiger partial charge on any atom is 0.271 e. The number of benzene rings is 2. The maximum atomic E-state index is 13.3. The lowest BCUT2D eigenvalue weighted by Crippen LogP contribution is -2.50. The molecule has 0 bridgehead atoms. The number of carbonyl (C=O) groups is 1. The van der Waals surface area contributed by atoms with E-state index in [4.69, 9.17) is 0 Å². The van der Waals surface area contributed by atoms with E-state index in [1.165, 1.54) is 34.3 Å². The van der Waals surface area contributed by atoms with Crippen molar-refractivity contribution in [2.24, 2.45) is 0 Å². The zero-order valence-electron chi connectivity index (χ0n) is 18.1. The standard InChI is InChI=1S/C25H24N4O2S/c1-17-7-6-10-21(18(17)2)27-11-13-28(14-12-27)23(30)20-15-26-25-29(24(20)31)22(16-32-25)19-8-4-3-5-9-19/h3-10,15-16H,11-14H2,1-2H3. The van der Waals surface area contributed by atoms with Crippen molar-refractivity contribution >= 4 is 27.9 Å². The van der Waals surface area contributed by atoms with Gasteiger partial charge < -0.3 is 9.80 Å². The Kier molecular flexibility index (Phi) is 5.27. The van der Waals surface area contributed by atoms with Gasteiger partial charge in [0.2, 0.25) is 0 Å². The number of hydrogen-bond donors (Lipinski definition) is 0. The van der Waals surface area contributed by atoms with Gasteiger partial charge in [0.15, 0.2) is 4.96 Å². The molecule has 1 fully saturated rings. The summed E-state index contributed by atoms with van der Waals surface area (Å²) in [5.74, 6) is -0.247. The van der Waals surface area contributed by atoms with Crippen LogP contribution in [-0.2, 0) is 0 Å². The molecule has 0 saturated carbocycles. The summed E-state index contributed by atoms with van der Waals surface area (Å²) in [6.07, 6.45) is 1.43. The van der Waals surface area contributed by atoms with Gasteiger partial charge in [0.25, 0.3) is 11.5 Å². The van der Waals surface area contributed by atoms with Crippen LogP contribution in [-0.4, -0.2) is 46.4 Å². The van der Waals surface area contributed by atoms with Gasteiger partial charge in [-0.05, 0) is 36.6 Å². The molecular weight excluding hydrogens is 420 g/mol. The summed E-state index contributed by atoms with van der Waals surface area (Å²) in [5.41, 5.74) is 5.25. The Morgan fingerprint density at radius 3 is 2.47 bits per heavy atom. The summed E-state index contributed by atoms with van der Waals surface area (Å²) in [7, 11) is 0. The van der Waals surface area contributed by atoms with E-state index in [0.717, 1.165) is 24.3 Å². The number of piperazine rings is 1. The van der Waals surface area contributed by atoms with Crippen molar-refractivity contribution in [3.63, 3.8) is 0 Å². The third-order valence-corrected chi connectivity index (χ3v) is 7.07. The van der Waals surface area contributed by atoms with Crippen LogP contribution in [0.2, 0.25) is 0 Å². The van der Waals surface area contributed by atoms with Crippen LogP contribution in [0, 0.1) is 13.8 Å². The van der Waals surface area contributed by atoms with E-state index < -0.39 is 0 Å². The van der Waals surface area contributed by atoms with E-state index in [2.05, 4.69) is 41.9 Å². The van der Waals surface area contributed by atoms with Crippen molar-refractivity contribution in [1.29, 1.82) is 0 Å². The SMILES string of the molecule is Cc1cccc(N2CCN(C(=O)c3cnc4scc(-c5ccccc5)n4c3=O)CC2)c1C. The Hall–Kier alpha value is -3.45. The fraction of sp³-hybridized carbons (Fsp3) is 0.240. The van der Waals surface area contributed by atoms with Gasteiger partial charge in [0, 0.05) is 43.4 Å². The lowest BCUT2D eigenvalue weighted by molar-refractivity contribution is 0.0744. The molecule has 6 nitrogen and oxygen atoms in total. The van der Waals surface area contributed by atoms with Gasteiger partial charge >= 0.3 is 0 Å². The molecule has 0 unspecified atom stereocenters. The number of thiazole rings is 1. The van der Waals surface area contributed by atoms with Crippen molar-refractivity contribution in [3.8, 4) is 11.3 Å². The zero-order chi connectivity index (χ0) is 22.2. The number of hydrogen-bond acceptors (Lipinski definition) is 5. The summed E-state index contributed by atoms with van der Waals surface area (Å²) in [4.78, 5) is 35.6. The Morgan fingerprint density at radius 1 is 0.969 bits per heavy atom. The first-order chi connectivity index (χ1) is 15.5. The number of amides is 1. The lowest BCUT2D eigenvalue weighted by atomic mass is 10.1. The van der Waals surface area contributed by atoms with Crippen LogP contribution in [0.3, 0.4) is 0 Å². The second-order valence-corrected chi connectivity index (χ2v) is 8.92. The summed E-state index contributed by atoms with van der Waals surface area (Å²) in [6, 6.07) is 16.0. The minimum absolute atomic E-state index is 0.123. The minimum atomic E-state index is -0.308. The summed E-state index contributed by atoms with van der Waals surface area (Å²) < 4.78 is 1.56. The average molecular weight is 445 g/mol. The number of rotatable bonds is 3. The zero-order valence-corrected chi connectivity index (χ0v) is 18.9. The quantitative estimate of drug-likeness (QED) is 0.479. The normalized spacial score (nSPS) is 14.2. The molecule has 0 radical (unpaired) electrons. The average Bonchev–Trinajstić information content (AvgIpc) is 3.27. The van der Waals surface area contributed by atoms with Crippen molar-refractivity contribution in [2.75, 3.05) is 31.1 Å². The van der Waals surface area contributed by atoms with Gasteiger partial charge in [-0.25, -0.2) is 4.98 Å². The first-order valence-corrected chi connectivity index (χ1v) is 11.6. The number of carbonyl (C=O) groups excluding carboxylic acids is 1. The number of aromatic nitrogens is 2. The monoisotopic (exact) mass is 444 g/mol. The third-order valence-electron chi connectivity index (χ3n) is 6.23. The number of nitrogens with zero attached hydrogens (tertiary/aromatic N) is 4. The highest BCUT2D eigenvalue weighted by Crippen LogP contribution is 2.25. The van der Waals surface area contributed by atoms with Gasteiger partial charge in [-0.1, -0.05) is 42.5 Å². The molecule has 1 amide bonds. The van der Waals surface area contributed by atoms with Gasteiger partial charge in [0.05, 0.1) is 5.69 Å². The first kappa shape index (κ1) is 20.5. The molecule has 32 heavy (non-hydrogen) atoms. The van der Waals surface area contributed by atoms with Crippen molar-refractivity contribution < 1.29 is 4.79 Å². The lowest BCUT2D eigenvalue weighted by Gasteiger charge is -2.37. The highest BCUT2D eigenvalue weighted by atomic mass is 32.1. The smallest absolute Gasteiger partial charge is 0.271 e. The van der Waals surface area contributed by atoms with Gasteiger partial charge in [-0.2, -0.15) is 0 Å². The summed E-state index contributed by atoms with van der Waals surface area (Å²) >= 11 is 1.40. The topological polar surface area (TPSA) is 57.9 Å². The largest absolute Gasteiger partial charge is 0.368 e. The highest BCUT2D eigenvalue weighted by Gasteiger charge is 2.26. The minimum Gasteiger partial charge on any atom is -0.368 e. The molecule has 2 aromatic carbocycles. The van der Waals surface area contributed by atoms with E-state index in [1.807, 2.05) is 35.7 Å². The Balaban J connectivity index is 1.41. The van der Waals surface area contributed by atoms with Crippen LogP contribution < -0.4 is 10.5 Å². The molecular formula is C25H24N4O2S. The van der Waals surface area contributed by atoms with Crippen LogP contribution in [0.15, 0.2) is 64.9 Å². The number of fused-ring (bicyclic) bond motifs is 1. The molecule has 162 valence electrons. The molecule has 0 spiro atoms. The third kappa shape index (κ3) is 3.48. The molecule has 4 aromatic rings. The van der Waals surface area contributed by atoms with E-state index in [9.17, 15) is 9.59 Å². The Bertz CT molecular complexity index is 1350. The van der Waals surface area contributed by atoms with Crippen molar-refractivity contribution in [2.45, 2.75) is 13.8 Å². The van der Waals surface area contributed by atoms with Gasteiger partial charge in [-0.15, -0.1) is 11.3 Å². The van der Waals surface area contributed by atoms with Crippen LogP contribution in [0.4, 0.5) is 5.69 Å². The van der Waals surface area contributed by atoms with Gasteiger partial charge in [0.1, 0.15) is 5.56 Å². The van der Waals surface area contributed by atoms with Crippen LogP contribution >= 0.6 is 11.3 Å². The number of aryl methyl sites for hydroxylation is 1. The Labute approximate surface area is 190 Å². The first-order valence-electron chi connectivity index (χ1n) is 10.7. The van der Waals surface area contributed by atoms with E-state index in [-0.39, 0.29) is 17.0 Å². The molecule has 1 aliphatic heterocycles. The van der Waals surface area contributed by atoms with Crippen LogP contribution in [0.1, 0.15) is 21.5 Å². The fourth-order valence-corrected chi connectivity index (χ4v) is 5.11. The van der Waals surface area contributed by atoms with Crippen molar-refractivity contribution in [3.05, 3.63) is 87.2 Å². The predicted molar refractivity (Wildman–Crippen MR) is 129 cm³/mol. The molecule has 0 N–H and O–H groups in total. The molecule has 1 aliphatic rings. The molecule has 3 heterocycles. The Morgan fingerprint density at radius 2 is 1.72 bits per heavy atom. The second-order valence-electron chi connectivity index (χ2n) is 8.08. The van der Waals surface area contributed by atoms with Gasteiger partial charge in [-0.3, -0.25) is 14.0 Å². The van der Waals surface area contributed by atoms with Crippen molar-refractivity contribution in [1.82, 2.24) is 14.3 Å². The number of anilines is 1. The van der Waals surface area contributed by atoms with Crippen LogP contribution in [0.25, 0.3) is 16.2 Å². The second kappa shape index (κ2) is 8.24. The van der Waals surface area contributed by atoms with E-state index in [1.54, 1.807) is 9.30 Å². The molecule has 0 aliphatic carbocycles. The summed E-state index contributed by atoms with van der Waals surface area (Å²) in [6.45, 7) is 6.87. The highest BCUT2D eigenvalue weighted by molar-refractivity contribution is 7.15. The molecule has 1 saturated heterocycles. The summed E-state index contributed by atoms with van der Waals surface area (Å²) in [5, 5.41) is 1.91. The van der Waals surface area contributed by atoms with Crippen LogP contribution in [0.5, 0.6) is 0 Å². The molecule has 5 rings (SSSR count). The van der Waals surface area contributed by atoms with E-state index in [0.29, 0.717) is 18.1 Å². The molecule has 0 atom stereocenters. The maximum absolute atomic E-state index is 13.3. The predicted octanol–water partition coefficient (Wildman–Crippen LogP) is 4.00. The fourth-order valence-electron chi connectivity index (χ4n) is 4.25. The molecule has 2 aromatic heterocycles. The van der Waals surface area contributed by atoms with E-state index >= 15 is 0 Å². The molecule has 7 heteroatoms.